The fraction of sp³-hybridized carbons (Fsp3) is 0.500. The number of H-pyrrole nitrogens is 2. The topological polar surface area (TPSA) is 650 Å². The van der Waals surface area contributed by atoms with E-state index in [1.807, 2.05) is 32.0 Å². The van der Waals surface area contributed by atoms with E-state index < -0.39 is 249 Å². The van der Waals surface area contributed by atoms with Gasteiger partial charge in [0.1, 0.15) is 84.3 Å². The van der Waals surface area contributed by atoms with Crippen molar-refractivity contribution in [2.45, 2.75) is 221 Å². The number of thioether (sulfide) groups is 1. The number of tetrazole rings is 1. The number of nitrogens with zero attached hydrogens (tertiary/aromatic N) is 9. The molecule has 2 saturated heterocycles. The maximum absolute atomic E-state index is 15.6. The number of thiophene rings is 1. The van der Waals surface area contributed by atoms with Crippen molar-refractivity contribution in [2.24, 2.45) is 17.2 Å². The Kier molecular flexibility index (Phi) is 36.1. The highest BCUT2D eigenvalue weighted by atomic mass is 32.2. The van der Waals surface area contributed by atoms with Crippen LogP contribution in [-0.4, -0.2) is 301 Å². The monoisotopic (exact) mass is 1870 g/mol. The summed E-state index contributed by atoms with van der Waals surface area (Å²) in [5, 5.41) is 74.2. The summed E-state index contributed by atoms with van der Waals surface area (Å²) in [5.41, 5.74) is 19.1. The number of aromatic amines is 2. The maximum atomic E-state index is 15.6. The third kappa shape index (κ3) is 26.6. The number of aromatic hydroxyl groups is 1. The van der Waals surface area contributed by atoms with Crippen molar-refractivity contribution >= 4 is 145 Å². The van der Waals surface area contributed by atoms with Crippen molar-refractivity contribution in [1.82, 2.24) is 108 Å². The number of benzene rings is 3. The number of phenols is 1. The van der Waals surface area contributed by atoms with Crippen molar-refractivity contribution in [3.63, 3.8) is 0 Å². The van der Waals surface area contributed by atoms with E-state index in [4.69, 9.17) is 17.2 Å². The largest absolute Gasteiger partial charge is 0.508 e. The predicted molar refractivity (Wildman–Crippen MR) is 478 cm³/mol. The van der Waals surface area contributed by atoms with Gasteiger partial charge in [-0.2, -0.15) is 0 Å². The van der Waals surface area contributed by atoms with Gasteiger partial charge in [-0.05, 0) is 108 Å². The van der Waals surface area contributed by atoms with E-state index in [2.05, 4.69) is 83.6 Å². The molecule has 0 unspecified atom stereocenters. The quantitative estimate of drug-likeness (QED) is 0.0301. The predicted octanol–water partition coefficient (Wildman–Crippen LogP) is -3.15. The van der Waals surface area contributed by atoms with E-state index in [0.717, 1.165) is 40.7 Å². The van der Waals surface area contributed by atoms with Crippen molar-refractivity contribution in [3.05, 3.63) is 125 Å². The second-order valence-corrected chi connectivity index (χ2v) is 34.9. The zero-order valence-electron chi connectivity index (χ0n) is 73.8. The Bertz CT molecular complexity index is 5320. The maximum Gasteiger partial charge on any atom is 0.246 e. The molecule has 17 amide bonds. The highest BCUT2D eigenvalue weighted by Gasteiger charge is 2.47. The summed E-state index contributed by atoms with van der Waals surface area (Å²) in [6, 6.07) is -1.87. The number of unbranched alkanes of at least 4 members (excludes halogenated alkanes) is 2. The van der Waals surface area contributed by atoms with Gasteiger partial charge in [0.15, 0.2) is 5.82 Å². The summed E-state index contributed by atoms with van der Waals surface area (Å²) in [4.78, 5) is 261. The fourth-order valence-corrected chi connectivity index (χ4v) is 17.9. The van der Waals surface area contributed by atoms with Crippen LogP contribution in [0.25, 0.3) is 21.0 Å². The van der Waals surface area contributed by atoms with Crippen LogP contribution in [0.1, 0.15) is 145 Å². The first-order valence-corrected chi connectivity index (χ1v) is 45.5. The average Bonchev–Trinajstić information content (AvgIpc) is 1.57. The molecule has 7 heterocycles. The molecule has 46 heteroatoms. The Morgan fingerprint density at radius 2 is 1.20 bits per heavy atom. The molecule has 0 spiro atoms. The summed E-state index contributed by atoms with van der Waals surface area (Å²) in [7, 11) is 2.71. The molecule has 3 aliphatic rings. The van der Waals surface area contributed by atoms with Crippen LogP contribution < -0.4 is 70.4 Å². The molecule has 4 aromatic heterocycles. The van der Waals surface area contributed by atoms with Gasteiger partial charge >= 0.3 is 0 Å². The number of carbonyl (C=O) groups is 17. The molecule has 3 aromatic carbocycles. The lowest BCUT2D eigenvalue weighted by Crippen LogP contribution is -2.61. The van der Waals surface area contributed by atoms with Crippen LogP contribution in [-0.2, 0) is 107 Å². The van der Waals surface area contributed by atoms with Crippen LogP contribution in [0, 0.1) is 0 Å². The first kappa shape index (κ1) is 101. The summed E-state index contributed by atoms with van der Waals surface area (Å²) >= 11 is 2.17. The number of amides is 17. The number of imidazole rings is 1. The van der Waals surface area contributed by atoms with Crippen LogP contribution >= 0.6 is 23.1 Å². The molecule has 10 rings (SSSR count). The number of carbonyl (C=O) groups excluding carboxylic acids is 17. The number of phenolic OH excluding ortho intramolecular Hbond substituents is 1. The first-order chi connectivity index (χ1) is 63.1. The Hall–Kier alpha value is -13.5. The Balaban J connectivity index is 1.01. The number of aliphatic hydroxyl groups is 2. The number of aliphatic hydroxyl groups excluding tert-OH is 2. The smallest absolute Gasteiger partial charge is 0.246 e. The molecule has 0 bridgehead atoms. The van der Waals surface area contributed by atoms with Gasteiger partial charge in [0.25, 0.3) is 0 Å². The average molecular weight is 1870 g/mol. The van der Waals surface area contributed by atoms with Gasteiger partial charge in [-0.15, -0.1) is 28.2 Å². The minimum atomic E-state index is -1.90. The Morgan fingerprint density at radius 3 is 1.88 bits per heavy atom. The molecular formula is C86H114N24O20S2. The molecule has 2 fully saturated rings. The van der Waals surface area contributed by atoms with Crippen LogP contribution in [0.4, 0.5) is 0 Å². The molecule has 0 radical (unpaired) electrons. The number of likely N-dealkylation sites (N-methyl/N-ethyl adjacent to an activating group) is 2. The molecule has 0 saturated carbocycles. The van der Waals surface area contributed by atoms with Crippen LogP contribution in [0.5, 0.6) is 5.75 Å². The van der Waals surface area contributed by atoms with E-state index >= 15 is 33.6 Å². The number of nitrogens with two attached hydrogens (primary N) is 3. The van der Waals surface area contributed by atoms with Gasteiger partial charge in [0.05, 0.1) is 49.5 Å². The van der Waals surface area contributed by atoms with E-state index in [9.17, 15) is 63.3 Å². The van der Waals surface area contributed by atoms with Crippen LogP contribution in [0.2, 0.25) is 0 Å². The molecule has 44 nitrogen and oxygen atoms in total. The summed E-state index contributed by atoms with van der Waals surface area (Å²) < 4.78 is 1.83. The number of nitrogens with one attached hydrogen (secondary N) is 12. The van der Waals surface area contributed by atoms with Gasteiger partial charge in [-0.25, -0.2) is 9.67 Å². The second-order valence-electron chi connectivity index (χ2n) is 33.0. The van der Waals surface area contributed by atoms with Gasteiger partial charge in [0, 0.05) is 99.5 Å². The lowest BCUT2D eigenvalue weighted by molar-refractivity contribution is -0.149. The Morgan fingerprint density at radius 1 is 0.583 bits per heavy atom. The molecule has 132 heavy (non-hydrogen) atoms. The number of para-hydroxylation sites is 1. The SMILES string of the molecule is CCCC[C@H]1C(=O)N(C)[C@@H](CCCC)C(=O)N[C@@H](C)C(=O)N[C@H](C(=O)NCC(N)=O)CSCC(=O)N[C@@H](Cc2ccc(O)cc2)c2nnnn2[C@@H](C)C(=O)N[C@@H](CC(N)=O)C(=O)N2CCC[C@H]2C(=O)N[C@@H](Cc2c[nH]cn2)C(=O)N[C@@H](CCC(N)=O)C(=O)N2C[C@H](O)C[C@H]2C(=O)N[C@@H](Cc2c[nH]c3ccccc23)C(=O)N[C@@H](CO)C(=O)N[C@@H](Cc2csc3ccccc23)C(=O)N1C. The van der Waals surface area contributed by atoms with Gasteiger partial charge in [0.2, 0.25) is 100 Å². The van der Waals surface area contributed by atoms with Crippen LogP contribution in [0.15, 0.2) is 96.9 Å². The zero-order chi connectivity index (χ0) is 95.7. The van der Waals surface area contributed by atoms with E-state index in [1.165, 1.54) is 76.1 Å². The molecule has 15 atom stereocenters. The normalized spacial score (nSPS) is 24.8. The van der Waals surface area contributed by atoms with Gasteiger partial charge in [-0.1, -0.05) is 88.1 Å². The number of rotatable bonds is 23. The third-order valence-corrected chi connectivity index (χ3v) is 25.3. The van der Waals surface area contributed by atoms with Gasteiger partial charge < -0.3 is 115 Å². The molecule has 0 aliphatic carbocycles. The van der Waals surface area contributed by atoms with E-state index in [0.29, 0.717) is 58.7 Å². The van der Waals surface area contributed by atoms with Crippen molar-refractivity contribution in [2.75, 3.05) is 51.8 Å². The molecule has 21 N–H and O–H groups in total. The first-order valence-electron chi connectivity index (χ1n) is 43.5. The second kappa shape index (κ2) is 47.4. The molecule has 710 valence electrons. The van der Waals surface area contributed by atoms with E-state index in [1.54, 1.807) is 41.9 Å². The highest BCUT2D eigenvalue weighted by molar-refractivity contribution is 8.00. The lowest BCUT2D eigenvalue weighted by atomic mass is 10.00. The number of primary amides is 3. The highest BCUT2D eigenvalue weighted by Crippen LogP contribution is 2.31. The molecule has 7 aromatic rings. The fourth-order valence-electron chi connectivity index (χ4n) is 16.1. The summed E-state index contributed by atoms with van der Waals surface area (Å²) in [6.45, 7) is 3.81. The number of fused-ring (bicyclic) bond motifs is 5. The van der Waals surface area contributed by atoms with Crippen molar-refractivity contribution in [3.8, 4) is 5.75 Å². The number of aromatic nitrogens is 7. The number of hydrogen-bond donors (Lipinski definition) is 18. The molecular weight excluding hydrogens is 1750 g/mol. The lowest BCUT2D eigenvalue weighted by Gasteiger charge is -2.36. The minimum absolute atomic E-state index is 0.0157. The third-order valence-electron chi connectivity index (χ3n) is 23.3. The van der Waals surface area contributed by atoms with Crippen molar-refractivity contribution in [1.29, 1.82) is 0 Å². The summed E-state index contributed by atoms with van der Waals surface area (Å²) in [5.74, 6) is -17.4. The summed E-state index contributed by atoms with van der Waals surface area (Å²) in [6.07, 6.45) is 1.23. The molecule has 3 aliphatic heterocycles. The standard InChI is InChI=1S/C86H114N24O20S2/c1-7-9-19-64-80(124)94-45(3)74(118)102-63(76(120)92-38-71(89)116)42-131-43-72(117)95-57(30-47-23-25-51(112)26-24-47)73-103-104-105-110(73)46(4)75(119)99-61(35-70(88)115)85(129)108-29-15-21-65(108)81(125)98-59(33-50-37-90-44-93-50)78(122)96-56(27-28-69(87)114)84(128)109-39-52(113)34-67(109)82(126)97-58(31-48-36-91-55-18-13-11-16-53(48)55)77(121)101-62(40-111)79(123)100-60(32-49-41-132-68-22-14-12-17-54(49)68)83(127)107(6)66(20-10-8-2)86(130)106(64)5/h11-14,16-18,22-26,36-37,41,44-46,52,56-67,91,111-113H,7-10,15,19-21,27-35,38-40,42-43H2,1-6H3,(H2,87,114)(H2,88,115)(H2,89,116)(H,90,93)(H,92,120)(H,94,124)(H,95,117)(H,96,122)(H,97,126)(H,98,125)(H,99,119)(H,100,123)(H,101,121)(H,102,118)/t45-,46-,52+,56-,57-,58-,59-,60-,61-,62-,63-,64-,65-,66-,67-/m0/s1. The Labute approximate surface area is 766 Å². The minimum Gasteiger partial charge on any atom is -0.508 e. The van der Waals surface area contributed by atoms with Gasteiger partial charge in [-0.3, -0.25) is 81.5 Å². The van der Waals surface area contributed by atoms with E-state index in [-0.39, 0.29) is 74.5 Å². The zero-order valence-corrected chi connectivity index (χ0v) is 75.4. The van der Waals surface area contributed by atoms with Crippen LogP contribution in [0.3, 0.4) is 0 Å². The van der Waals surface area contributed by atoms with Crippen molar-refractivity contribution < 1.29 is 96.8 Å². The number of hydrogen-bond acceptors (Lipinski definition) is 26.